The van der Waals surface area contributed by atoms with E-state index >= 15 is 0 Å². The van der Waals surface area contributed by atoms with Gasteiger partial charge in [-0.15, -0.1) is 0 Å². The maximum Gasteiger partial charge on any atom is 0.228 e. The van der Waals surface area contributed by atoms with Gasteiger partial charge in [0.2, 0.25) is 5.91 Å². The number of amides is 1. The van der Waals surface area contributed by atoms with Crippen LogP contribution in [0.3, 0.4) is 0 Å². The Morgan fingerprint density at radius 3 is 2.22 bits per heavy atom. The molecule has 0 saturated carbocycles. The molecule has 0 aromatic rings. The van der Waals surface area contributed by atoms with Crippen molar-refractivity contribution in [1.29, 1.82) is 0 Å². The van der Waals surface area contributed by atoms with Gasteiger partial charge in [-0.2, -0.15) is 0 Å². The molecule has 1 rings (SSSR count). The molecule has 0 unspecified atom stereocenters. The molecule has 9 heteroatoms. The molecule has 0 aromatic heterocycles. The zero-order valence-electron chi connectivity index (χ0n) is 9.75. The number of nitrogens with one attached hydrogen (secondary N) is 1. The predicted octanol–water partition coefficient (Wildman–Crippen LogP) is -4.60. The second-order valence-corrected chi connectivity index (χ2v) is 5.71. The van der Waals surface area contributed by atoms with Crippen LogP contribution < -0.4 is 10.0 Å². The van der Waals surface area contributed by atoms with E-state index in [0.717, 1.165) is 4.90 Å². The first-order valence-corrected chi connectivity index (χ1v) is 7.10. The zero-order chi connectivity index (χ0) is 13.8. The molecule has 1 aliphatic heterocycles. The molecule has 1 saturated heterocycles. The number of carbonyl (C=O) groups excluding carboxylic acids is 2. The Kier molecular flexibility index (Phi) is 5.05. The molecule has 8 nitrogen and oxygen atoms in total. The topological polar surface area (TPSA) is 122 Å². The predicted molar refractivity (Wildman–Crippen MR) is 56.3 cm³/mol. The van der Waals surface area contributed by atoms with Gasteiger partial charge in [-0.05, 0) is 0 Å². The first kappa shape index (κ1) is 14.9. The first-order valence-electron chi connectivity index (χ1n) is 5.52. The molecule has 0 atom stereocenters. The number of nitrogens with zero attached hydrogens (tertiary/aromatic N) is 1. The van der Waals surface area contributed by atoms with Crippen LogP contribution >= 0.6 is 0 Å². The number of quaternary nitrogens is 1. The molecule has 0 aromatic carbocycles. The summed E-state index contributed by atoms with van der Waals surface area (Å²) in [6.45, 7) is 1.96. The van der Waals surface area contributed by atoms with E-state index < -0.39 is 34.2 Å². The van der Waals surface area contributed by atoms with E-state index in [1.807, 2.05) is 0 Å². The molecule has 104 valence electrons. The normalized spacial score (nSPS) is 17.7. The summed E-state index contributed by atoms with van der Waals surface area (Å²) in [6, 6.07) is 0. The van der Waals surface area contributed by atoms with Crippen molar-refractivity contribution < 1.29 is 32.6 Å². The van der Waals surface area contributed by atoms with Crippen LogP contribution in [-0.4, -0.2) is 68.2 Å². The first-order chi connectivity index (χ1) is 8.28. The quantitative estimate of drug-likeness (QED) is 0.399. The second kappa shape index (κ2) is 6.12. The minimum Gasteiger partial charge on any atom is -0.748 e. The summed E-state index contributed by atoms with van der Waals surface area (Å²) in [6.07, 6.45) is -0.635. The zero-order valence-corrected chi connectivity index (χ0v) is 10.6. The monoisotopic (exact) mass is 279 g/mol. The molecule has 18 heavy (non-hydrogen) atoms. The summed E-state index contributed by atoms with van der Waals surface area (Å²) < 4.78 is 31.4. The summed E-state index contributed by atoms with van der Waals surface area (Å²) in [7, 11) is -4.21. The third kappa shape index (κ3) is 5.43. The Morgan fingerprint density at radius 1 is 1.22 bits per heavy atom. The number of hydrogen-bond donors (Lipinski definition) is 1. The van der Waals surface area contributed by atoms with E-state index in [9.17, 15) is 27.7 Å². The highest BCUT2D eigenvalue weighted by molar-refractivity contribution is 7.85. The lowest BCUT2D eigenvalue weighted by molar-refractivity contribution is -0.901. The van der Waals surface area contributed by atoms with Crippen molar-refractivity contribution in [3.8, 4) is 0 Å². The van der Waals surface area contributed by atoms with Gasteiger partial charge in [-0.1, -0.05) is 0 Å². The van der Waals surface area contributed by atoms with E-state index in [1.54, 1.807) is 0 Å². The standard InChI is InChI=1S/C9H16N2O6S/c12-8(7-9(13)14)11-3-1-10(2-4-11)5-6-18(15,16)17/h1-7H2,(H,13,14)(H,15,16,17)/p-1. The largest absolute Gasteiger partial charge is 0.748 e. The molecule has 1 N–H and O–H groups in total. The average Bonchev–Trinajstić information content (AvgIpc) is 2.25. The number of carboxylic acid groups (broad SMARTS) is 1. The van der Waals surface area contributed by atoms with Crippen molar-refractivity contribution in [2.24, 2.45) is 0 Å². The SMILES string of the molecule is O=C([O-])CC(=O)N1CC[NH+](CCS(=O)(=O)[O-])CC1. The van der Waals surface area contributed by atoms with Gasteiger partial charge in [-0.3, -0.25) is 4.79 Å². The smallest absolute Gasteiger partial charge is 0.228 e. The highest BCUT2D eigenvalue weighted by atomic mass is 32.2. The third-order valence-electron chi connectivity index (χ3n) is 2.82. The van der Waals surface area contributed by atoms with Crippen molar-refractivity contribution in [3.05, 3.63) is 0 Å². The van der Waals surface area contributed by atoms with Crippen LogP contribution in [0, 0.1) is 0 Å². The number of aliphatic carboxylic acids is 1. The maximum atomic E-state index is 11.4. The molecule has 0 aliphatic carbocycles. The van der Waals surface area contributed by atoms with Crippen LogP contribution in [0.2, 0.25) is 0 Å². The maximum absolute atomic E-state index is 11.4. The van der Waals surface area contributed by atoms with Crippen molar-refractivity contribution in [2.45, 2.75) is 6.42 Å². The van der Waals surface area contributed by atoms with Gasteiger partial charge in [0.05, 0.1) is 50.9 Å². The van der Waals surface area contributed by atoms with Crippen LogP contribution in [0.4, 0.5) is 0 Å². The van der Waals surface area contributed by atoms with Gasteiger partial charge in [0.1, 0.15) is 10.1 Å². The Bertz CT molecular complexity index is 413. The van der Waals surface area contributed by atoms with E-state index in [0.29, 0.717) is 26.2 Å². The molecule has 1 heterocycles. The van der Waals surface area contributed by atoms with E-state index in [-0.39, 0.29) is 6.54 Å². The van der Waals surface area contributed by atoms with E-state index in [1.165, 1.54) is 4.90 Å². The summed E-state index contributed by atoms with van der Waals surface area (Å²) in [5, 5.41) is 10.3. The third-order valence-corrected chi connectivity index (χ3v) is 3.53. The highest BCUT2D eigenvalue weighted by Gasteiger charge is 2.23. The fourth-order valence-electron chi connectivity index (χ4n) is 1.83. The minimum atomic E-state index is -4.21. The molecule has 1 amide bonds. The summed E-state index contributed by atoms with van der Waals surface area (Å²) in [4.78, 5) is 24.0. The van der Waals surface area contributed by atoms with Crippen LogP contribution in [0.15, 0.2) is 0 Å². The molecular weight excluding hydrogens is 264 g/mol. The van der Waals surface area contributed by atoms with Crippen LogP contribution in [0.25, 0.3) is 0 Å². The molecule has 1 aliphatic rings. The van der Waals surface area contributed by atoms with Gasteiger partial charge in [0.25, 0.3) is 0 Å². The molecular formula is C9H15N2O6S-. The van der Waals surface area contributed by atoms with Gasteiger partial charge in [-0.25, -0.2) is 8.42 Å². The Labute approximate surface area is 105 Å². The Balaban J connectivity index is 2.32. The molecule has 0 radical (unpaired) electrons. The van der Waals surface area contributed by atoms with Crippen molar-refractivity contribution in [1.82, 2.24) is 4.90 Å². The fourth-order valence-corrected chi connectivity index (χ4v) is 2.37. The summed E-state index contributed by atoms with van der Waals surface area (Å²) >= 11 is 0. The second-order valence-electron chi connectivity index (χ2n) is 4.19. The Morgan fingerprint density at radius 2 is 1.78 bits per heavy atom. The van der Waals surface area contributed by atoms with Crippen LogP contribution in [-0.2, 0) is 19.7 Å². The number of rotatable bonds is 5. The lowest BCUT2D eigenvalue weighted by atomic mass is 10.3. The van der Waals surface area contributed by atoms with Gasteiger partial charge in [0, 0.05) is 0 Å². The van der Waals surface area contributed by atoms with Gasteiger partial charge >= 0.3 is 0 Å². The summed E-state index contributed by atoms with van der Waals surface area (Å²) in [5.74, 6) is -2.33. The molecule has 0 bridgehead atoms. The van der Waals surface area contributed by atoms with Crippen molar-refractivity contribution in [2.75, 3.05) is 38.5 Å². The number of piperazine rings is 1. The minimum absolute atomic E-state index is 0.217. The lowest BCUT2D eigenvalue weighted by Gasteiger charge is -2.32. The fraction of sp³-hybridized carbons (Fsp3) is 0.778. The molecule has 0 spiro atoms. The van der Waals surface area contributed by atoms with Gasteiger partial charge < -0.3 is 24.3 Å². The average molecular weight is 279 g/mol. The number of hydrogen-bond acceptors (Lipinski definition) is 6. The Hall–Kier alpha value is -1.19. The number of carboxylic acids is 1. The van der Waals surface area contributed by atoms with E-state index in [4.69, 9.17) is 0 Å². The summed E-state index contributed by atoms with van der Waals surface area (Å²) in [5.41, 5.74) is 0. The van der Waals surface area contributed by atoms with Gasteiger partial charge in [0.15, 0.2) is 0 Å². The van der Waals surface area contributed by atoms with E-state index in [2.05, 4.69) is 0 Å². The molecule has 1 fully saturated rings. The highest BCUT2D eigenvalue weighted by Crippen LogP contribution is 1.94. The number of carbonyl (C=O) groups is 2. The van der Waals surface area contributed by atoms with Crippen molar-refractivity contribution >= 4 is 22.0 Å². The van der Waals surface area contributed by atoms with Crippen LogP contribution in [0.5, 0.6) is 0 Å². The van der Waals surface area contributed by atoms with Crippen LogP contribution in [0.1, 0.15) is 6.42 Å². The lowest BCUT2D eigenvalue weighted by Crippen LogP contribution is -3.15. The van der Waals surface area contributed by atoms with Crippen molar-refractivity contribution in [3.63, 3.8) is 0 Å².